The molecule has 0 amide bonds. The average Bonchev–Trinajstić information content (AvgIpc) is 2.58. The van der Waals surface area contributed by atoms with Crippen molar-refractivity contribution in [2.75, 3.05) is 6.54 Å². The fraction of sp³-hybridized carbons (Fsp3) is 0.462. The lowest BCUT2D eigenvalue weighted by atomic mass is 10.1. The van der Waals surface area contributed by atoms with Crippen molar-refractivity contribution < 1.29 is 0 Å². The van der Waals surface area contributed by atoms with Gasteiger partial charge in [0.15, 0.2) is 0 Å². The Hall–Kier alpha value is -1.35. The van der Waals surface area contributed by atoms with Crippen molar-refractivity contribution >= 4 is 10.9 Å². The van der Waals surface area contributed by atoms with Crippen LogP contribution in [-0.4, -0.2) is 16.3 Å². The van der Waals surface area contributed by atoms with Crippen LogP contribution in [0.4, 0.5) is 0 Å². The minimum Gasteiger partial charge on any atom is -0.330 e. The van der Waals surface area contributed by atoms with Crippen LogP contribution < -0.4 is 5.73 Å². The smallest absolute Gasteiger partial charge is 0.0929 e. The maximum absolute atomic E-state index is 5.64. The molecule has 0 atom stereocenters. The van der Waals surface area contributed by atoms with Gasteiger partial charge in [-0.15, -0.1) is 0 Å². The largest absolute Gasteiger partial charge is 0.330 e. The molecule has 0 radical (unpaired) electrons. The van der Waals surface area contributed by atoms with Crippen LogP contribution in [0.15, 0.2) is 18.2 Å². The lowest BCUT2D eigenvalue weighted by molar-refractivity contribution is 0.524. The molecule has 86 valence electrons. The van der Waals surface area contributed by atoms with Gasteiger partial charge in [0.05, 0.1) is 5.52 Å². The number of rotatable bonds is 3. The van der Waals surface area contributed by atoms with Gasteiger partial charge in [0.2, 0.25) is 0 Å². The Kier molecular flexibility index (Phi) is 2.97. The molecule has 0 spiro atoms. The zero-order chi connectivity index (χ0) is 11.7. The Bertz CT molecular complexity index is 497. The summed E-state index contributed by atoms with van der Waals surface area (Å²) in [5.74, 6) is 0. The Morgan fingerprint density at radius 2 is 2.12 bits per heavy atom. The van der Waals surface area contributed by atoms with E-state index in [2.05, 4.69) is 48.8 Å². The van der Waals surface area contributed by atoms with Crippen molar-refractivity contribution in [3.8, 4) is 0 Å². The molecule has 0 fully saturated rings. The average molecular weight is 217 g/mol. The molecule has 1 aromatic heterocycles. The van der Waals surface area contributed by atoms with Crippen molar-refractivity contribution in [3.05, 3.63) is 29.5 Å². The monoisotopic (exact) mass is 217 g/mol. The van der Waals surface area contributed by atoms with Gasteiger partial charge in [-0.05, 0) is 45.4 Å². The minimum absolute atomic E-state index is 0.401. The molecule has 3 nitrogen and oxygen atoms in total. The maximum atomic E-state index is 5.64. The standard InChI is InChI=1S/C13H19N3/c1-9(2)16-10(3)13-11(7-8-14)5-4-6-12(13)15-16/h4-6,9H,7-8,14H2,1-3H3. The first-order valence-electron chi connectivity index (χ1n) is 5.82. The highest BCUT2D eigenvalue weighted by Crippen LogP contribution is 2.24. The van der Waals surface area contributed by atoms with E-state index in [1.807, 2.05) is 0 Å². The summed E-state index contributed by atoms with van der Waals surface area (Å²) in [7, 11) is 0. The first-order chi connectivity index (χ1) is 7.65. The summed E-state index contributed by atoms with van der Waals surface area (Å²) in [6.45, 7) is 7.13. The number of nitrogens with two attached hydrogens (primary N) is 1. The molecule has 1 aromatic carbocycles. The highest BCUT2D eigenvalue weighted by atomic mass is 15.3. The Balaban J connectivity index is 2.67. The molecule has 0 saturated heterocycles. The molecular formula is C13H19N3. The normalized spacial score (nSPS) is 11.6. The molecule has 2 rings (SSSR count). The lowest BCUT2D eigenvalue weighted by Gasteiger charge is -2.07. The van der Waals surface area contributed by atoms with E-state index in [-0.39, 0.29) is 0 Å². The third-order valence-electron chi connectivity index (χ3n) is 2.95. The summed E-state index contributed by atoms with van der Waals surface area (Å²) in [6, 6.07) is 6.68. The third kappa shape index (κ3) is 1.71. The molecule has 0 saturated carbocycles. The van der Waals surface area contributed by atoms with Gasteiger partial charge >= 0.3 is 0 Å². The summed E-state index contributed by atoms with van der Waals surface area (Å²) in [4.78, 5) is 0. The highest BCUT2D eigenvalue weighted by Gasteiger charge is 2.12. The molecule has 0 unspecified atom stereocenters. The number of hydrogen-bond acceptors (Lipinski definition) is 2. The SMILES string of the molecule is Cc1c2c(CCN)cccc2nn1C(C)C. The fourth-order valence-corrected chi connectivity index (χ4v) is 2.26. The van der Waals surface area contributed by atoms with Crippen LogP contribution in [0.25, 0.3) is 10.9 Å². The van der Waals surface area contributed by atoms with Gasteiger partial charge in [-0.3, -0.25) is 4.68 Å². The van der Waals surface area contributed by atoms with Gasteiger partial charge in [-0.25, -0.2) is 0 Å². The van der Waals surface area contributed by atoms with Gasteiger partial charge in [0.25, 0.3) is 0 Å². The Morgan fingerprint density at radius 1 is 1.38 bits per heavy atom. The van der Waals surface area contributed by atoms with Crippen molar-refractivity contribution in [3.63, 3.8) is 0 Å². The van der Waals surface area contributed by atoms with E-state index < -0.39 is 0 Å². The van der Waals surface area contributed by atoms with Crippen molar-refractivity contribution in [2.45, 2.75) is 33.2 Å². The molecule has 0 aliphatic rings. The molecule has 0 aliphatic heterocycles. The number of fused-ring (bicyclic) bond motifs is 1. The molecular weight excluding hydrogens is 198 g/mol. The molecule has 3 heteroatoms. The zero-order valence-corrected chi connectivity index (χ0v) is 10.2. The van der Waals surface area contributed by atoms with Crippen LogP contribution in [-0.2, 0) is 6.42 Å². The topological polar surface area (TPSA) is 43.8 Å². The van der Waals surface area contributed by atoms with E-state index in [1.165, 1.54) is 16.6 Å². The molecule has 2 N–H and O–H groups in total. The van der Waals surface area contributed by atoms with Gasteiger partial charge in [-0.2, -0.15) is 5.10 Å². The van der Waals surface area contributed by atoms with Gasteiger partial charge in [-0.1, -0.05) is 12.1 Å². The van der Waals surface area contributed by atoms with Crippen LogP contribution in [0.1, 0.15) is 31.1 Å². The summed E-state index contributed by atoms with van der Waals surface area (Å²) in [5, 5.41) is 5.91. The molecule has 16 heavy (non-hydrogen) atoms. The zero-order valence-electron chi connectivity index (χ0n) is 10.2. The number of nitrogens with zero attached hydrogens (tertiary/aromatic N) is 2. The number of aryl methyl sites for hydroxylation is 1. The molecule has 0 bridgehead atoms. The predicted octanol–water partition coefficient (Wildman–Crippen LogP) is 2.43. The van der Waals surface area contributed by atoms with E-state index in [1.54, 1.807) is 0 Å². The van der Waals surface area contributed by atoms with Gasteiger partial charge in [0.1, 0.15) is 0 Å². The van der Waals surface area contributed by atoms with E-state index in [0.717, 1.165) is 11.9 Å². The molecule has 1 heterocycles. The van der Waals surface area contributed by atoms with Crippen LogP contribution in [0.5, 0.6) is 0 Å². The predicted molar refractivity (Wildman–Crippen MR) is 67.6 cm³/mol. The van der Waals surface area contributed by atoms with E-state index in [9.17, 15) is 0 Å². The van der Waals surface area contributed by atoms with E-state index in [0.29, 0.717) is 12.6 Å². The van der Waals surface area contributed by atoms with Gasteiger partial charge in [0, 0.05) is 17.1 Å². The minimum atomic E-state index is 0.401. The third-order valence-corrected chi connectivity index (χ3v) is 2.95. The second kappa shape index (κ2) is 4.26. The quantitative estimate of drug-likeness (QED) is 0.858. The lowest BCUT2D eigenvalue weighted by Crippen LogP contribution is -2.05. The molecule has 0 aliphatic carbocycles. The fourth-order valence-electron chi connectivity index (χ4n) is 2.26. The van der Waals surface area contributed by atoms with Crippen molar-refractivity contribution in [1.29, 1.82) is 0 Å². The van der Waals surface area contributed by atoms with Crippen LogP contribution in [0, 0.1) is 6.92 Å². The number of hydrogen-bond donors (Lipinski definition) is 1. The first kappa shape index (κ1) is 11.1. The van der Waals surface area contributed by atoms with Crippen LogP contribution in [0.3, 0.4) is 0 Å². The molecule has 2 aromatic rings. The Labute approximate surface area is 96.2 Å². The Morgan fingerprint density at radius 3 is 2.75 bits per heavy atom. The summed E-state index contributed by atoms with van der Waals surface area (Å²) in [6.07, 6.45) is 0.919. The van der Waals surface area contributed by atoms with Gasteiger partial charge < -0.3 is 5.73 Å². The van der Waals surface area contributed by atoms with Crippen LogP contribution in [0.2, 0.25) is 0 Å². The summed E-state index contributed by atoms with van der Waals surface area (Å²) in [5.41, 5.74) is 9.28. The highest BCUT2D eigenvalue weighted by molar-refractivity contribution is 5.85. The second-order valence-electron chi connectivity index (χ2n) is 4.47. The summed E-state index contributed by atoms with van der Waals surface area (Å²) >= 11 is 0. The van der Waals surface area contributed by atoms with Crippen molar-refractivity contribution in [2.24, 2.45) is 5.73 Å². The summed E-state index contributed by atoms with van der Waals surface area (Å²) < 4.78 is 2.09. The number of aromatic nitrogens is 2. The van der Waals surface area contributed by atoms with E-state index in [4.69, 9.17) is 5.73 Å². The first-order valence-corrected chi connectivity index (χ1v) is 5.82. The van der Waals surface area contributed by atoms with Crippen LogP contribution >= 0.6 is 0 Å². The second-order valence-corrected chi connectivity index (χ2v) is 4.47. The van der Waals surface area contributed by atoms with E-state index >= 15 is 0 Å². The maximum Gasteiger partial charge on any atom is 0.0929 e. The van der Waals surface area contributed by atoms with Crippen molar-refractivity contribution in [1.82, 2.24) is 9.78 Å². The number of benzene rings is 1.